The molecule has 1 aliphatic rings. The molecule has 202 valence electrons. The maximum Gasteiger partial charge on any atom is 0.286 e. The van der Waals surface area contributed by atoms with E-state index in [0.29, 0.717) is 6.07 Å². The summed E-state index contributed by atoms with van der Waals surface area (Å²) in [5.41, 5.74) is -1.79. The molecule has 0 radical (unpaired) electrons. The van der Waals surface area contributed by atoms with E-state index in [1.165, 1.54) is 18.2 Å². The maximum absolute atomic E-state index is 14.1. The highest BCUT2D eigenvalue weighted by Gasteiger charge is 2.31. The molecule has 0 atom stereocenters. The first kappa shape index (κ1) is 26.2. The highest BCUT2D eigenvalue weighted by atomic mass is 32.2. The highest BCUT2D eigenvalue weighted by Crippen LogP contribution is 2.33. The van der Waals surface area contributed by atoms with Crippen LogP contribution in [0, 0.1) is 17.5 Å². The zero-order chi connectivity index (χ0) is 28.3. The van der Waals surface area contributed by atoms with Crippen molar-refractivity contribution in [2.24, 2.45) is 4.40 Å². The molecule has 15 heteroatoms. The normalized spacial score (nSPS) is 14.4. The van der Waals surface area contributed by atoms with Crippen LogP contribution in [0.4, 0.5) is 24.5 Å². The van der Waals surface area contributed by atoms with Gasteiger partial charge in [-0.15, -0.1) is 4.40 Å². The van der Waals surface area contributed by atoms with Gasteiger partial charge in [-0.3, -0.25) is 13.9 Å². The summed E-state index contributed by atoms with van der Waals surface area (Å²) in [4.78, 5) is 13.2. The van der Waals surface area contributed by atoms with Crippen molar-refractivity contribution in [1.29, 1.82) is 0 Å². The molecule has 0 saturated heterocycles. The van der Waals surface area contributed by atoms with Gasteiger partial charge in [-0.05, 0) is 48.0 Å². The molecule has 3 N–H and O–H groups in total. The molecule has 0 amide bonds. The standard InChI is InChI=1S/C24H17F3N4O6S2/c1-38(34,35)29-16-3-4-18-20(10-16)39(36,37)30-23(28-18)21-22(32)17(8-12-6-14(26)9-15(27)7-12)19-5-2-13(25)11-31(19)24(21)33/h2-7,9-11,29,33H,8H2,1H3,(H,28,30). The van der Waals surface area contributed by atoms with Crippen LogP contribution in [0.25, 0.3) is 5.52 Å². The highest BCUT2D eigenvalue weighted by molar-refractivity contribution is 7.92. The zero-order valence-electron chi connectivity index (χ0n) is 19.7. The Bertz CT molecular complexity index is 1990. The molecular weight excluding hydrogens is 561 g/mol. The first-order valence-corrected chi connectivity index (χ1v) is 14.3. The minimum absolute atomic E-state index is 0.00322. The number of hydrogen-bond donors (Lipinski definition) is 3. The topological polar surface area (TPSA) is 146 Å². The number of nitrogens with one attached hydrogen (secondary N) is 2. The van der Waals surface area contributed by atoms with E-state index in [-0.39, 0.29) is 34.4 Å². The Morgan fingerprint density at radius 1 is 1.03 bits per heavy atom. The number of benzene rings is 2. The predicted molar refractivity (Wildman–Crippen MR) is 137 cm³/mol. The summed E-state index contributed by atoms with van der Waals surface area (Å²) in [5.74, 6) is -4.05. The minimum Gasteiger partial charge on any atom is -0.494 e. The fraction of sp³-hybridized carbons (Fsp3) is 0.0833. The largest absolute Gasteiger partial charge is 0.494 e. The molecule has 0 saturated carbocycles. The smallest absolute Gasteiger partial charge is 0.286 e. The van der Waals surface area contributed by atoms with Crippen molar-refractivity contribution >= 4 is 42.8 Å². The average molecular weight is 579 g/mol. The number of anilines is 2. The lowest BCUT2D eigenvalue weighted by Crippen LogP contribution is -2.30. The van der Waals surface area contributed by atoms with Gasteiger partial charge in [0.15, 0.2) is 5.84 Å². The fourth-order valence-electron chi connectivity index (χ4n) is 4.23. The molecule has 2 aromatic heterocycles. The molecule has 39 heavy (non-hydrogen) atoms. The monoisotopic (exact) mass is 578 g/mol. The van der Waals surface area contributed by atoms with Crippen LogP contribution >= 0.6 is 0 Å². The summed E-state index contributed by atoms with van der Waals surface area (Å²) < 4.78 is 97.6. The Morgan fingerprint density at radius 3 is 2.38 bits per heavy atom. The summed E-state index contributed by atoms with van der Waals surface area (Å²) in [6.07, 6.45) is 1.37. The summed E-state index contributed by atoms with van der Waals surface area (Å²) in [6.45, 7) is 0. The molecule has 0 fully saturated rings. The number of aromatic hydroxyl groups is 1. The van der Waals surface area contributed by atoms with Crippen LogP contribution < -0.4 is 15.5 Å². The predicted octanol–water partition coefficient (Wildman–Crippen LogP) is 2.95. The molecule has 3 heterocycles. The van der Waals surface area contributed by atoms with Crippen molar-refractivity contribution in [3.05, 3.63) is 99.1 Å². The van der Waals surface area contributed by atoms with Gasteiger partial charge in [0.25, 0.3) is 10.0 Å². The Kier molecular flexibility index (Phi) is 6.14. The molecule has 0 spiro atoms. The second-order valence-electron chi connectivity index (χ2n) is 8.69. The van der Waals surface area contributed by atoms with E-state index in [2.05, 4.69) is 14.4 Å². The van der Waals surface area contributed by atoms with Crippen molar-refractivity contribution in [1.82, 2.24) is 4.40 Å². The van der Waals surface area contributed by atoms with E-state index in [1.54, 1.807) is 0 Å². The molecular formula is C24H17F3N4O6S2. The van der Waals surface area contributed by atoms with Gasteiger partial charge < -0.3 is 10.4 Å². The number of halogens is 3. The van der Waals surface area contributed by atoms with Crippen LogP contribution in [0.2, 0.25) is 0 Å². The third-order valence-corrected chi connectivity index (χ3v) is 7.66. The van der Waals surface area contributed by atoms with Gasteiger partial charge in [0, 0.05) is 29.9 Å². The lowest BCUT2D eigenvalue weighted by atomic mass is 10.0. The maximum atomic E-state index is 14.1. The van der Waals surface area contributed by atoms with Crippen molar-refractivity contribution in [2.45, 2.75) is 11.3 Å². The Hall–Kier alpha value is -4.37. The van der Waals surface area contributed by atoms with Crippen molar-refractivity contribution in [3.8, 4) is 5.88 Å². The molecule has 0 aliphatic carbocycles. The number of nitrogens with zero attached hydrogens (tertiary/aromatic N) is 2. The van der Waals surface area contributed by atoms with Crippen molar-refractivity contribution in [2.75, 3.05) is 16.3 Å². The molecule has 2 aromatic carbocycles. The Morgan fingerprint density at radius 2 is 1.72 bits per heavy atom. The summed E-state index contributed by atoms with van der Waals surface area (Å²) in [7, 11) is -8.26. The van der Waals surface area contributed by atoms with E-state index in [9.17, 15) is 39.9 Å². The van der Waals surface area contributed by atoms with E-state index >= 15 is 0 Å². The van der Waals surface area contributed by atoms with Gasteiger partial charge in [0.05, 0.1) is 17.5 Å². The van der Waals surface area contributed by atoms with Gasteiger partial charge >= 0.3 is 0 Å². The summed E-state index contributed by atoms with van der Waals surface area (Å²) in [5, 5.41) is 13.6. The van der Waals surface area contributed by atoms with Crippen LogP contribution in [0.5, 0.6) is 5.88 Å². The lowest BCUT2D eigenvalue weighted by molar-refractivity contribution is 0.441. The molecule has 5 rings (SSSR count). The fourth-order valence-corrected chi connectivity index (χ4v) is 5.93. The Balaban J connectivity index is 1.71. The Labute approximate surface area is 219 Å². The number of rotatable bonds is 5. The molecule has 0 bridgehead atoms. The van der Waals surface area contributed by atoms with E-state index < -0.39 is 65.1 Å². The van der Waals surface area contributed by atoms with E-state index in [1.807, 2.05) is 0 Å². The van der Waals surface area contributed by atoms with Crippen LogP contribution in [0.15, 0.2) is 68.8 Å². The van der Waals surface area contributed by atoms with Gasteiger partial charge in [0.2, 0.25) is 21.3 Å². The van der Waals surface area contributed by atoms with Gasteiger partial charge in [-0.1, -0.05) is 0 Å². The second kappa shape index (κ2) is 9.13. The number of sulfonamides is 2. The lowest BCUT2D eigenvalue weighted by Gasteiger charge is -2.21. The van der Waals surface area contributed by atoms with Gasteiger partial charge in [0.1, 0.15) is 27.9 Å². The molecule has 1 aliphatic heterocycles. The minimum atomic E-state index is -4.54. The SMILES string of the molecule is CS(=O)(=O)Nc1ccc2c(c1)S(=O)(=O)N=C(c1c(O)n3cc(F)ccc3c(Cc3cc(F)cc(F)c3)c1=O)N2. The van der Waals surface area contributed by atoms with Crippen LogP contribution in [-0.2, 0) is 26.5 Å². The number of aromatic nitrogens is 1. The summed E-state index contributed by atoms with van der Waals surface area (Å²) in [6, 6.07) is 8.34. The second-order valence-corrected chi connectivity index (χ2v) is 12.0. The third-order valence-electron chi connectivity index (χ3n) is 5.74. The van der Waals surface area contributed by atoms with Gasteiger partial charge in [-0.2, -0.15) is 8.42 Å². The quantitative estimate of drug-likeness (QED) is 0.330. The molecule has 4 aromatic rings. The first-order valence-electron chi connectivity index (χ1n) is 11.0. The van der Waals surface area contributed by atoms with Gasteiger partial charge in [-0.25, -0.2) is 21.6 Å². The number of amidine groups is 1. The van der Waals surface area contributed by atoms with Crippen LogP contribution in [-0.4, -0.2) is 38.4 Å². The molecule has 10 nitrogen and oxygen atoms in total. The first-order chi connectivity index (χ1) is 18.2. The summed E-state index contributed by atoms with van der Waals surface area (Å²) >= 11 is 0. The number of pyridine rings is 2. The van der Waals surface area contributed by atoms with Crippen molar-refractivity contribution in [3.63, 3.8) is 0 Å². The van der Waals surface area contributed by atoms with E-state index in [4.69, 9.17) is 0 Å². The molecule has 0 unspecified atom stereocenters. The van der Waals surface area contributed by atoms with Crippen LogP contribution in [0.3, 0.4) is 0 Å². The van der Waals surface area contributed by atoms with Crippen LogP contribution in [0.1, 0.15) is 16.7 Å². The number of fused-ring (bicyclic) bond motifs is 2. The average Bonchev–Trinajstić information content (AvgIpc) is 2.80. The third kappa shape index (κ3) is 5.05. The van der Waals surface area contributed by atoms with E-state index in [0.717, 1.165) is 41.1 Å². The zero-order valence-corrected chi connectivity index (χ0v) is 21.4. The van der Waals surface area contributed by atoms with Crippen molar-refractivity contribution < 1.29 is 35.1 Å². The number of hydrogen-bond acceptors (Lipinski definition) is 7.